The molecule has 7 nitrogen and oxygen atoms in total. The van der Waals surface area contributed by atoms with Crippen LogP contribution in [0.1, 0.15) is 27.7 Å². The molecule has 0 fully saturated rings. The molecule has 2 rings (SSSR count). The van der Waals surface area contributed by atoms with Crippen molar-refractivity contribution in [3.8, 4) is 11.5 Å². The number of rotatable bonds is 8. The summed E-state index contributed by atoms with van der Waals surface area (Å²) in [5.41, 5.74) is 6.98. The van der Waals surface area contributed by atoms with Crippen LogP contribution in [0, 0.1) is 5.92 Å². The van der Waals surface area contributed by atoms with Gasteiger partial charge in [0.05, 0.1) is 13.2 Å². The number of hydrogen-bond acceptors (Lipinski definition) is 5. The SMILES string of the molecule is CC(C)[C@H](N)C(=O)O.CCOc1ccc(NC(=S)Nc2ccc(OCC)cc2)cc1.[Ta]. The second-order valence-corrected chi connectivity index (χ2v) is 7.01. The van der Waals surface area contributed by atoms with E-state index >= 15 is 0 Å². The van der Waals surface area contributed by atoms with Crippen molar-refractivity contribution in [3.05, 3.63) is 48.5 Å². The van der Waals surface area contributed by atoms with Gasteiger partial charge < -0.3 is 30.9 Å². The van der Waals surface area contributed by atoms with Gasteiger partial charge in [0.15, 0.2) is 5.11 Å². The summed E-state index contributed by atoms with van der Waals surface area (Å²) in [6.07, 6.45) is 0. The van der Waals surface area contributed by atoms with Gasteiger partial charge in [-0.05, 0) is 80.5 Å². The Labute approximate surface area is 205 Å². The van der Waals surface area contributed by atoms with Crippen LogP contribution in [0.2, 0.25) is 0 Å². The number of anilines is 2. The van der Waals surface area contributed by atoms with Crippen LogP contribution in [0.25, 0.3) is 0 Å². The molecule has 2 aromatic carbocycles. The van der Waals surface area contributed by atoms with E-state index in [1.807, 2.05) is 62.4 Å². The van der Waals surface area contributed by atoms with Crippen LogP contribution in [0.3, 0.4) is 0 Å². The quantitative estimate of drug-likeness (QED) is 0.326. The minimum absolute atomic E-state index is 0. The average Bonchev–Trinajstić information content (AvgIpc) is 2.71. The first kappa shape index (κ1) is 28.9. The molecule has 0 bridgehead atoms. The third-order valence-electron chi connectivity index (χ3n) is 3.85. The Bertz CT molecular complexity index is 733. The van der Waals surface area contributed by atoms with Crippen LogP contribution in [-0.4, -0.2) is 35.4 Å². The smallest absolute Gasteiger partial charge is 0.320 e. The zero-order chi connectivity index (χ0) is 22.5. The van der Waals surface area contributed by atoms with Crippen LogP contribution >= 0.6 is 12.2 Å². The molecule has 31 heavy (non-hydrogen) atoms. The van der Waals surface area contributed by atoms with Gasteiger partial charge >= 0.3 is 5.97 Å². The van der Waals surface area contributed by atoms with Gasteiger partial charge in [-0.1, -0.05) is 13.8 Å². The third kappa shape index (κ3) is 11.8. The Hall–Kier alpha value is -2.10. The standard InChI is InChI=1S/C17H20N2O2S.C5H11NO2.Ta/c1-3-20-15-9-5-13(6-10-15)18-17(22)19-14-7-11-16(12-8-14)21-4-2;1-3(2)4(6)5(7)8;/h5-12H,3-4H2,1-2H3,(H2,18,19,22);3-4H,6H2,1-2H3,(H,7,8);/t;4-;/m.0./s1. The van der Waals surface area contributed by atoms with Gasteiger partial charge in [-0.2, -0.15) is 0 Å². The Morgan fingerprint density at radius 1 is 0.935 bits per heavy atom. The minimum atomic E-state index is -0.931. The Kier molecular flexibility index (Phi) is 14.6. The van der Waals surface area contributed by atoms with Crippen molar-refractivity contribution in [2.24, 2.45) is 11.7 Å². The molecule has 0 aliphatic rings. The number of carboxylic acids is 1. The molecule has 2 aromatic rings. The van der Waals surface area contributed by atoms with Crippen molar-refractivity contribution in [2.45, 2.75) is 33.7 Å². The molecule has 0 unspecified atom stereocenters. The predicted octanol–water partition coefficient (Wildman–Crippen LogP) is 4.34. The van der Waals surface area contributed by atoms with Gasteiger partial charge in [-0.15, -0.1) is 0 Å². The van der Waals surface area contributed by atoms with Crippen LogP contribution in [0.15, 0.2) is 48.5 Å². The second kappa shape index (κ2) is 15.7. The first-order valence-electron chi connectivity index (χ1n) is 9.78. The van der Waals surface area contributed by atoms with Crippen molar-refractivity contribution in [2.75, 3.05) is 23.8 Å². The first-order chi connectivity index (χ1) is 14.3. The molecular weight excluding hydrogens is 583 g/mol. The Balaban J connectivity index is 0.000000858. The molecular formula is C22H31N3O4STa. The van der Waals surface area contributed by atoms with E-state index in [0.717, 1.165) is 22.9 Å². The predicted molar refractivity (Wildman–Crippen MR) is 126 cm³/mol. The molecule has 1 atom stereocenters. The zero-order valence-electron chi connectivity index (χ0n) is 18.3. The van der Waals surface area contributed by atoms with E-state index in [2.05, 4.69) is 10.6 Å². The molecule has 0 amide bonds. The van der Waals surface area contributed by atoms with E-state index in [1.54, 1.807) is 13.8 Å². The molecule has 5 N–H and O–H groups in total. The summed E-state index contributed by atoms with van der Waals surface area (Å²) in [4.78, 5) is 10.0. The number of nitrogens with two attached hydrogens (primary N) is 1. The van der Waals surface area contributed by atoms with Gasteiger partial charge in [0.2, 0.25) is 0 Å². The number of ether oxygens (including phenoxy) is 2. The van der Waals surface area contributed by atoms with Crippen molar-refractivity contribution in [1.29, 1.82) is 0 Å². The largest absolute Gasteiger partial charge is 0.494 e. The number of carboxylic acid groups (broad SMARTS) is 1. The van der Waals surface area contributed by atoms with Crippen molar-refractivity contribution in [3.63, 3.8) is 0 Å². The normalized spacial score (nSPS) is 10.6. The zero-order valence-corrected chi connectivity index (χ0v) is 22.3. The number of carbonyl (C=O) groups is 1. The molecule has 0 spiro atoms. The van der Waals surface area contributed by atoms with Crippen molar-refractivity contribution < 1.29 is 41.8 Å². The van der Waals surface area contributed by atoms with Gasteiger partial charge in [0.1, 0.15) is 17.5 Å². The van der Waals surface area contributed by atoms with Crippen LogP contribution < -0.4 is 25.8 Å². The first-order valence-corrected chi connectivity index (χ1v) is 10.2. The molecule has 0 aliphatic carbocycles. The summed E-state index contributed by atoms with van der Waals surface area (Å²) in [7, 11) is 0. The maximum atomic E-state index is 10.0. The molecule has 0 heterocycles. The maximum absolute atomic E-state index is 10.0. The molecule has 169 valence electrons. The van der Waals surface area contributed by atoms with Crippen LogP contribution in [0.4, 0.5) is 11.4 Å². The fourth-order valence-corrected chi connectivity index (χ4v) is 2.42. The summed E-state index contributed by atoms with van der Waals surface area (Å²) in [6, 6.07) is 14.6. The average molecular weight is 615 g/mol. The van der Waals surface area contributed by atoms with E-state index in [0.29, 0.717) is 18.3 Å². The van der Waals surface area contributed by atoms with Gasteiger partial charge in [-0.3, -0.25) is 4.79 Å². The van der Waals surface area contributed by atoms with E-state index < -0.39 is 12.0 Å². The van der Waals surface area contributed by atoms with E-state index in [4.69, 9.17) is 32.5 Å². The number of benzene rings is 2. The summed E-state index contributed by atoms with van der Waals surface area (Å²) >= 11 is 5.30. The molecule has 9 heteroatoms. The third-order valence-corrected chi connectivity index (χ3v) is 4.05. The molecule has 0 saturated carbocycles. The summed E-state index contributed by atoms with van der Waals surface area (Å²) in [5.74, 6) is 0.782. The Morgan fingerprint density at radius 2 is 1.29 bits per heavy atom. The fraction of sp³-hybridized carbons (Fsp3) is 0.364. The fourth-order valence-electron chi connectivity index (χ4n) is 2.18. The second-order valence-electron chi connectivity index (χ2n) is 6.60. The topological polar surface area (TPSA) is 106 Å². The Morgan fingerprint density at radius 3 is 1.52 bits per heavy atom. The van der Waals surface area contributed by atoms with Crippen molar-refractivity contribution in [1.82, 2.24) is 0 Å². The van der Waals surface area contributed by atoms with Gasteiger partial charge in [-0.25, -0.2) is 0 Å². The molecule has 0 aromatic heterocycles. The van der Waals surface area contributed by atoms with Crippen LogP contribution in [0.5, 0.6) is 11.5 Å². The number of aliphatic carboxylic acids is 1. The number of hydrogen-bond donors (Lipinski definition) is 4. The van der Waals surface area contributed by atoms with Crippen molar-refractivity contribution >= 4 is 34.7 Å². The molecule has 0 aliphatic heterocycles. The van der Waals surface area contributed by atoms with E-state index in [9.17, 15) is 4.79 Å². The minimum Gasteiger partial charge on any atom is -0.494 e. The van der Waals surface area contributed by atoms with Gasteiger partial charge in [0.25, 0.3) is 0 Å². The maximum Gasteiger partial charge on any atom is 0.320 e. The number of thiocarbonyl (C=S) groups is 1. The summed E-state index contributed by atoms with van der Waals surface area (Å²) in [5, 5.41) is 15.0. The molecule has 1 radical (unpaired) electrons. The number of nitrogens with one attached hydrogen (secondary N) is 2. The van der Waals surface area contributed by atoms with Gasteiger partial charge in [0, 0.05) is 33.8 Å². The van der Waals surface area contributed by atoms with E-state index in [-0.39, 0.29) is 28.3 Å². The summed E-state index contributed by atoms with van der Waals surface area (Å²) in [6.45, 7) is 8.79. The van der Waals surface area contributed by atoms with E-state index in [1.165, 1.54) is 0 Å². The summed E-state index contributed by atoms with van der Waals surface area (Å²) < 4.78 is 10.8. The monoisotopic (exact) mass is 614 g/mol. The molecule has 0 saturated heterocycles. The van der Waals surface area contributed by atoms with Crippen LogP contribution in [-0.2, 0) is 27.2 Å².